The van der Waals surface area contributed by atoms with Crippen molar-refractivity contribution in [2.45, 2.75) is 65.5 Å². The van der Waals surface area contributed by atoms with Crippen LogP contribution in [0.1, 0.15) is 64.6 Å². The topological polar surface area (TPSA) is 56.9 Å². The van der Waals surface area contributed by atoms with Crippen LogP contribution in [0.2, 0.25) is 0 Å². The van der Waals surface area contributed by atoms with E-state index in [1.807, 2.05) is 50.4 Å². The summed E-state index contributed by atoms with van der Waals surface area (Å²) in [6.07, 6.45) is 9.14. The van der Waals surface area contributed by atoms with Crippen molar-refractivity contribution in [1.29, 1.82) is 0 Å². The first-order valence-electron chi connectivity index (χ1n) is 12.3. The monoisotopic (exact) mass is 457 g/mol. The standard InChI is InChI=1S/C30H39N3O/c1-6-22(2)13-12-14-23(3)20-32-30(5,19-26-21-31-28-18-11-10-17-27(26)28)29(34)33-24(4)25-15-8-7-9-16-25/h6-11,14-18,21,24,31-32H,12-13,19-20H2,1-5H3,(H,33,34)/b22-6+,23-14+. The molecule has 4 heteroatoms. The van der Waals surface area contributed by atoms with E-state index >= 15 is 0 Å². The Morgan fingerprint density at radius 1 is 1.06 bits per heavy atom. The molecule has 0 saturated heterocycles. The molecule has 180 valence electrons. The second kappa shape index (κ2) is 11.8. The lowest BCUT2D eigenvalue weighted by atomic mass is 9.90. The van der Waals surface area contributed by atoms with Crippen molar-refractivity contribution in [3.8, 4) is 0 Å². The SMILES string of the molecule is C/C=C(\C)CC/C=C(\C)CNC(C)(Cc1c[nH]c2ccccc12)C(=O)NC(C)c1ccccc1. The van der Waals surface area contributed by atoms with Gasteiger partial charge in [0.05, 0.1) is 11.6 Å². The average molecular weight is 458 g/mol. The van der Waals surface area contributed by atoms with Gasteiger partial charge in [-0.1, -0.05) is 71.8 Å². The number of aromatic nitrogens is 1. The highest BCUT2D eigenvalue weighted by atomic mass is 16.2. The van der Waals surface area contributed by atoms with Crippen LogP contribution in [0.4, 0.5) is 0 Å². The molecule has 1 aromatic heterocycles. The number of H-pyrrole nitrogens is 1. The molecule has 3 aromatic rings. The Kier molecular flexibility index (Phi) is 8.89. The van der Waals surface area contributed by atoms with Crippen molar-refractivity contribution in [1.82, 2.24) is 15.6 Å². The Morgan fingerprint density at radius 3 is 2.50 bits per heavy atom. The molecule has 0 aliphatic heterocycles. The van der Waals surface area contributed by atoms with Crippen molar-refractivity contribution in [2.75, 3.05) is 6.54 Å². The number of rotatable bonds is 11. The molecule has 2 atom stereocenters. The highest BCUT2D eigenvalue weighted by Gasteiger charge is 2.34. The van der Waals surface area contributed by atoms with Crippen LogP contribution in [-0.2, 0) is 11.2 Å². The van der Waals surface area contributed by atoms with E-state index in [2.05, 4.69) is 72.8 Å². The van der Waals surface area contributed by atoms with Crippen molar-refractivity contribution >= 4 is 16.8 Å². The van der Waals surface area contributed by atoms with Crippen LogP contribution in [0.3, 0.4) is 0 Å². The van der Waals surface area contributed by atoms with E-state index in [1.165, 1.54) is 11.1 Å². The summed E-state index contributed by atoms with van der Waals surface area (Å²) < 4.78 is 0. The second-order valence-electron chi connectivity index (χ2n) is 9.55. The number of carbonyl (C=O) groups is 1. The predicted octanol–water partition coefficient (Wildman–Crippen LogP) is 6.63. The van der Waals surface area contributed by atoms with Gasteiger partial charge in [0.25, 0.3) is 0 Å². The van der Waals surface area contributed by atoms with Gasteiger partial charge in [-0.2, -0.15) is 0 Å². The highest BCUT2D eigenvalue weighted by Crippen LogP contribution is 2.24. The Labute approximate surface area is 204 Å². The van der Waals surface area contributed by atoms with E-state index in [4.69, 9.17) is 0 Å². The van der Waals surface area contributed by atoms with Gasteiger partial charge >= 0.3 is 0 Å². The van der Waals surface area contributed by atoms with Gasteiger partial charge in [-0.05, 0) is 64.7 Å². The Balaban J connectivity index is 1.78. The molecule has 2 aromatic carbocycles. The summed E-state index contributed by atoms with van der Waals surface area (Å²) in [6.45, 7) is 11.1. The maximum absolute atomic E-state index is 13.7. The molecule has 0 spiro atoms. The molecule has 0 saturated carbocycles. The van der Waals surface area contributed by atoms with Gasteiger partial charge in [-0.25, -0.2) is 0 Å². The minimum Gasteiger partial charge on any atom is -0.361 e. The maximum Gasteiger partial charge on any atom is 0.240 e. The van der Waals surface area contributed by atoms with Crippen molar-refractivity contribution in [3.63, 3.8) is 0 Å². The lowest BCUT2D eigenvalue weighted by molar-refractivity contribution is -0.127. The van der Waals surface area contributed by atoms with E-state index < -0.39 is 5.54 Å². The van der Waals surface area contributed by atoms with Gasteiger partial charge in [0.15, 0.2) is 0 Å². The molecule has 3 N–H and O–H groups in total. The molecule has 1 heterocycles. The Morgan fingerprint density at radius 2 is 1.76 bits per heavy atom. The number of benzene rings is 2. The zero-order valence-electron chi connectivity index (χ0n) is 21.2. The first-order valence-corrected chi connectivity index (χ1v) is 12.3. The second-order valence-corrected chi connectivity index (χ2v) is 9.55. The third-order valence-corrected chi connectivity index (χ3v) is 6.65. The lowest BCUT2D eigenvalue weighted by Gasteiger charge is -2.31. The lowest BCUT2D eigenvalue weighted by Crippen LogP contribution is -2.57. The third kappa shape index (κ3) is 6.71. The molecule has 34 heavy (non-hydrogen) atoms. The van der Waals surface area contributed by atoms with Crippen LogP contribution in [0, 0.1) is 0 Å². The van der Waals surface area contributed by atoms with E-state index in [0.29, 0.717) is 13.0 Å². The van der Waals surface area contributed by atoms with Crippen LogP contribution in [0.25, 0.3) is 10.9 Å². The van der Waals surface area contributed by atoms with E-state index in [-0.39, 0.29) is 11.9 Å². The quantitative estimate of drug-likeness (QED) is 0.283. The molecule has 0 radical (unpaired) electrons. The molecule has 0 aliphatic carbocycles. The van der Waals surface area contributed by atoms with Crippen molar-refractivity contribution < 1.29 is 4.79 Å². The van der Waals surface area contributed by atoms with E-state index in [1.54, 1.807) is 0 Å². The number of para-hydroxylation sites is 1. The minimum atomic E-state index is -0.762. The number of allylic oxidation sites excluding steroid dienone is 3. The highest BCUT2D eigenvalue weighted by molar-refractivity contribution is 5.89. The van der Waals surface area contributed by atoms with Crippen LogP contribution in [-0.4, -0.2) is 23.0 Å². The van der Waals surface area contributed by atoms with Crippen LogP contribution < -0.4 is 10.6 Å². The minimum absolute atomic E-state index is 0.00620. The molecule has 0 bridgehead atoms. The molecule has 3 rings (SSSR count). The van der Waals surface area contributed by atoms with Gasteiger partial charge in [0.2, 0.25) is 5.91 Å². The maximum atomic E-state index is 13.7. The molecule has 4 nitrogen and oxygen atoms in total. The zero-order valence-corrected chi connectivity index (χ0v) is 21.2. The van der Waals surface area contributed by atoms with Gasteiger partial charge in [-0.15, -0.1) is 0 Å². The molecular formula is C30H39N3O. The molecular weight excluding hydrogens is 418 g/mol. The average Bonchev–Trinajstić information content (AvgIpc) is 3.25. The summed E-state index contributed by atoms with van der Waals surface area (Å²) in [4.78, 5) is 17.0. The number of fused-ring (bicyclic) bond motifs is 1. The number of aromatic amines is 1. The smallest absolute Gasteiger partial charge is 0.240 e. The number of nitrogens with one attached hydrogen (secondary N) is 3. The van der Waals surface area contributed by atoms with Gasteiger partial charge in [0, 0.05) is 30.1 Å². The summed E-state index contributed by atoms with van der Waals surface area (Å²) >= 11 is 0. The Hall–Kier alpha value is -3.11. The summed E-state index contributed by atoms with van der Waals surface area (Å²) in [7, 11) is 0. The number of hydrogen-bond donors (Lipinski definition) is 3. The first kappa shape index (κ1) is 25.5. The molecule has 2 unspecified atom stereocenters. The van der Waals surface area contributed by atoms with Gasteiger partial charge in [0.1, 0.15) is 0 Å². The van der Waals surface area contributed by atoms with Crippen LogP contribution in [0.15, 0.2) is 84.1 Å². The van der Waals surface area contributed by atoms with Gasteiger partial charge in [-0.3, -0.25) is 10.1 Å². The predicted molar refractivity (Wildman–Crippen MR) is 144 cm³/mol. The fourth-order valence-electron chi connectivity index (χ4n) is 4.16. The number of amides is 1. The first-order chi connectivity index (χ1) is 16.3. The fraction of sp³-hybridized carbons (Fsp3) is 0.367. The normalized spacial score (nSPS) is 15.2. The third-order valence-electron chi connectivity index (χ3n) is 6.65. The Bertz CT molecular complexity index is 1140. The van der Waals surface area contributed by atoms with Crippen molar-refractivity contribution in [2.24, 2.45) is 0 Å². The van der Waals surface area contributed by atoms with Crippen LogP contribution in [0.5, 0.6) is 0 Å². The van der Waals surface area contributed by atoms with E-state index in [9.17, 15) is 4.79 Å². The van der Waals surface area contributed by atoms with Crippen molar-refractivity contribution in [3.05, 3.63) is 95.2 Å². The molecule has 0 fully saturated rings. The summed E-state index contributed by atoms with van der Waals surface area (Å²) in [6, 6.07) is 18.3. The van der Waals surface area contributed by atoms with Gasteiger partial charge < -0.3 is 10.3 Å². The summed E-state index contributed by atoms with van der Waals surface area (Å²) in [5.74, 6) is 0.00620. The van der Waals surface area contributed by atoms with Crippen LogP contribution >= 0.6 is 0 Å². The zero-order chi connectivity index (χ0) is 24.6. The number of hydrogen-bond acceptors (Lipinski definition) is 2. The molecule has 0 aliphatic rings. The number of carbonyl (C=O) groups excluding carboxylic acids is 1. The fourth-order valence-corrected chi connectivity index (χ4v) is 4.16. The summed E-state index contributed by atoms with van der Waals surface area (Å²) in [5.41, 5.74) is 5.21. The summed E-state index contributed by atoms with van der Waals surface area (Å²) in [5, 5.41) is 8.01. The van der Waals surface area contributed by atoms with E-state index in [0.717, 1.165) is 34.9 Å². The molecule has 1 amide bonds. The largest absolute Gasteiger partial charge is 0.361 e.